The Balaban J connectivity index is 1.81. The molecule has 1 heterocycles. The third kappa shape index (κ3) is 2.11. The predicted octanol–water partition coefficient (Wildman–Crippen LogP) is 1.05. The number of carbonyl (C=O) groups is 1. The number of aromatic nitrogens is 1. The van der Waals surface area contributed by atoms with E-state index < -0.39 is 0 Å². The molecule has 0 spiro atoms. The van der Waals surface area contributed by atoms with E-state index in [9.17, 15) is 4.79 Å². The first-order valence-electron chi connectivity index (χ1n) is 4.64. The molecule has 13 heavy (non-hydrogen) atoms. The molecule has 70 valence electrons. The maximum atomic E-state index is 11.3. The van der Waals surface area contributed by atoms with Crippen molar-refractivity contribution in [1.82, 2.24) is 9.88 Å². The van der Waals surface area contributed by atoms with Crippen LogP contribution in [0.5, 0.6) is 0 Å². The predicted molar refractivity (Wildman–Crippen MR) is 50.0 cm³/mol. The van der Waals surface area contributed by atoms with E-state index in [-0.39, 0.29) is 5.91 Å². The Morgan fingerprint density at radius 3 is 3.00 bits per heavy atom. The van der Waals surface area contributed by atoms with Crippen molar-refractivity contribution in [2.45, 2.75) is 19.4 Å². The molecule has 1 aliphatic rings. The largest absolute Gasteiger partial charge is 0.357 e. The molecule has 1 aliphatic carbocycles. The van der Waals surface area contributed by atoms with Gasteiger partial charge in [-0.1, -0.05) is 0 Å². The monoisotopic (exact) mass is 178 g/mol. The Kier molecular flexibility index (Phi) is 2.08. The minimum absolute atomic E-state index is 0.212. The van der Waals surface area contributed by atoms with Crippen LogP contribution in [0.1, 0.15) is 18.4 Å². The van der Waals surface area contributed by atoms with Crippen molar-refractivity contribution in [2.24, 2.45) is 13.0 Å². The van der Waals surface area contributed by atoms with E-state index in [4.69, 9.17) is 0 Å². The van der Waals surface area contributed by atoms with E-state index in [0.717, 1.165) is 18.4 Å². The van der Waals surface area contributed by atoms with Crippen molar-refractivity contribution < 1.29 is 4.79 Å². The lowest BCUT2D eigenvalue weighted by Gasteiger charge is -2.00. The average molecular weight is 178 g/mol. The van der Waals surface area contributed by atoms with Crippen LogP contribution in [-0.4, -0.2) is 10.5 Å². The zero-order chi connectivity index (χ0) is 9.26. The summed E-state index contributed by atoms with van der Waals surface area (Å²) in [5, 5.41) is 2.92. The molecule has 1 aromatic rings. The number of aryl methyl sites for hydroxylation is 1. The maximum absolute atomic E-state index is 11.3. The smallest absolute Gasteiger partial charge is 0.223 e. The van der Waals surface area contributed by atoms with E-state index in [1.54, 1.807) is 0 Å². The summed E-state index contributed by atoms with van der Waals surface area (Å²) in [6, 6.07) is 2.02. The van der Waals surface area contributed by atoms with Gasteiger partial charge in [-0.15, -0.1) is 0 Å². The highest BCUT2D eigenvalue weighted by Crippen LogP contribution is 2.28. The number of hydrogen-bond acceptors (Lipinski definition) is 1. The molecule has 0 bridgehead atoms. The summed E-state index contributed by atoms with van der Waals surface area (Å²) in [7, 11) is 1.98. The summed E-state index contributed by atoms with van der Waals surface area (Å²) < 4.78 is 1.98. The summed E-state index contributed by atoms with van der Waals surface area (Å²) in [6.07, 6.45) is 6.15. The molecule has 0 aromatic carbocycles. The fraction of sp³-hybridized carbons (Fsp3) is 0.500. The molecular weight excluding hydrogens is 164 g/mol. The molecule has 3 nitrogen and oxygen atoms in total. The van der Waals surface area contributed by atoms with Crippen LogP contribution in [-0.2, 0) is 18.4 Å². The highest BCUT2D eigenvalue weighted by molar-refractivity contribution is 5.80. The van der Waals surface area contributed by atoms with Crippen LogP contribution in [0.3, 0.4) is 0 Å². The van der Waals surface area contributed by atoms with Gasteiger partial charge in [0.25, 0.3) is 0 Å². The fourth-order valence-electron chi connectivity index (χ4n) is 1.34. The second kappa shape index (κ2) is 3.24. The fourth-order valence-corrected chi connectivity index (χ4v) is 1.34. The average Bonchev–Trinajstić information content (AvgIpc) is 2.87. The van der Waals surface area contributed by atoms with Gasteiger partial charge in [0.05, 0.1) is 0 Å². The van der Waals surface area contributed by atoms with Crippen LogP contribution in [0.15, 0.2) is 18.5 Å². The number of amides is 1. The molecule has 0 atom stereocenters. The molecule has 1 aromatic heterocycles. The highest BCUT2D eigenvalue weighted by Gasteiger charge is 2.29. The topological polar surface area (TPSA) is 34.0 Å². The highest BCUT2D eigenvalue weighted by atomic mass is 16.2. The third-order valence-electron chi connectivity index (χ3n) is 2.31. The number of hydrogen-bond donors (Lipinski definition) is 1. The van der Waals surface area contributed by atoms with Gasteiger partial charge in [-0.2, -0.15) is 0 Å². The van der Waals surface area contributed by atoms with E-state index in [1.807, 2.05) is 30.1 Å². The summed E-state index contributed by atoms with van der Waals surface area (Å²) in [5.74, 6) is 0.521. The molecule has 3 heteroatoms. The van der Waals surface area contributed by atoms with Gasteiger partial charge in [0.2, 0.25) is 5.91 Å². The van der Waals surface area contributed by atoms with E-state index >= 15 is 0 Å². The Bertz CT molecular complexity index is 312. The Labute approximate surface area is 77.7 Å². The molecule has 0 unspecified atom stereocenters. The van der Waals surface area contributed by atoms with Crippen LogP contribution in [0.2, 0.25) is 0 Å². The van der Waals surface area contributed by atoms with E-state index in [1.165, 1.54) is 0 Å². The van der Waals surface area contributed by atoms with Crippen molar-refractivity contribution in [3.05, 3.63) is 24.0 Å². The van der Waals surface area contributed by atoms with Crippen molar-refractivity contribution >= 4 is 5.91 Å². The van der Waals surface area contributed by atoms with Crippen molar-refractivity contribution in [3.8, 4) is 0 Å². The minimum atomic E-state index is 0.212. The Morgan fingerprint density at radius 1 is 1.69 bits per heavy atom. The number of carbonyl (C=O) groups excluding carboxylic acids is 1. The zero-order valence-electron chi connectivity index (χ0n) is 7.79. The lowest BCUT2D eigenvalue weighted by Crippen LogP contribution is -2.23. The second-order valence-electron chi connectivity index (χ2n) is 3.68. The first-order valence-corrected chi connectivity index (χ1v) is 4.64. The first kappa shape index (κ1) is 8.35. The minimum Gasteiger partial charge on any atom is -0.357 e. The van der Waals surface area contributed by atoms with Crippen molar-refractivity contribution in [2.75, 3.05) is 0 Å². The van der Waals surface area contributed by atoms with Crippen LogP contribution in [0.25, 0.3) is 0 Å². The second-order valence-corrected chi connectivity index (χ2v) is 3.68. The van der Waals surface area contributed by atoms with Crippen LogP contribution in [0, 0.1) is 5.92 Å². The normalized spacial score (nSPS) is 15.8. The van der Waals surface area contributed by atoms with Crippen LogP contribution < -0.4 is 5.32 Å². The number of rotatable bonds is 3. The number of nitrogens with one attached hydrogen (secondary N) is 1. The molecule has 1 N–H and O–H groups in total. The Morgan fingerprint density at radius 2 is 2.46 bits per heavy atom. The van der Waals surface area contributed by atoms with E-state index in [0.29, 0.717) is 12.5 Å². The van der Waals surface area contributed by atoms with E-state index in [2.05, 4.69) is 5.32 Å². The summed E-state index contributed by atoms with van der Waals surface area (Å²) in [4.78, 5) is 11.3. The van der Waals surface area contributed by atoms with Gasteiger partial charge in [-0.3, -0.25) is 4.79 Å². The van der Waals surface area contributed by atoms with Gasteiger partial charge >= 0.3 is 0 Å². The van der Waals surface area contributed by atoms with Crippen LogP contribution >= 0.6 is 0 Å². The maximum Gasteiger partial charge on any atom is 0.223 e. The van der Waals surface area contributed by atoms with Crippen molar-refractivity contribution in [3.63, 3.8) is 0 Å². The molecular formula is C10H14N2O. The van der Waals surface area contributed by atoms with Gasteiger partial charge < -0.3 is 9.88 Å². The molecule has 0 radical (unpaired) electrons. The molecule has 1 saturated carbocycles. The standard InChI is InChI=1S/C10H14N2O/c1-12-5-4-8(7-12)6-11-10(13)9-2-3-9/h4-5,7,9H,2-3,6H2,1H3,(H,11,13). The molecule has 2 rings (SSSR count). The summed E-state index contributed by atoms with van der Waals surface area (Å²) >= 11 is 0. The van der Waals surface area contributed by atoms with Crippen LogP contribution in [0.4, 0.5) is 0 Å². The van der Waals surface area contributed by atoms with Gasteiger partial charge in [0.15, 0.2) is 0 Å². The van der Waals surface area contributed by atoms with Gasteiger partial charge in [-0.25, -0.2) is 0 Å². The van der Waals surface area contributed by atoms with Crippen molar-refractivity contribution in [1.29, 1.82) is 0 Å². The van der Waals surface area contributed by atoms with Gasteiger partial charge in [-0.05, 0) is 24.5 Å². The molecule has 1 amide bonds. The molecule has 0 aliphatic heterocycles. The molecule has 0 saturated heterocycles. The SMILES string of the molecule is Cn1ccc(CNC(=O)C2CC2)c1. The summed E-state index contributed by atoms with van der Waals surface area (Å²) in [5.41, 5.74) is 1.16. The summed E-state index contributed by atoms with van der Waals surface area (Å²) in [6.45, 7) is 0.663. The third-order valence-corrected chi connectivity index (χ3v) is 2.31. The van der Waals surface area contributed by atoms with Gasteiger partial charge in [0, 0.05) is 31.9 Å². The Hall–Kier alpha value is -1.25. The zero-order valence-corrected chi connectivity index (χ0v) is 7.79. The lowest BCUT2D eigenvalue weighted by atomic mass is 10.3. The lowest BCUT2D eigenvalue weighted by molar-refractivity contribution is -0.122. The number of nitrogens with zero attached hydrogens (tertiary/aromatic N) is 1. The first-order chi connectivity index (χ1) is 6.25. The quantitative estimate of drug-likeness (QED) is 0.737. The molecule has 1 fully saturated rings. The van der Waals surface area contributed by atoms with Gasteiger partial charge in [0.1, 0.15) is 0 Å².